The minimum atomic E-state index is -0.259. The number of carbonyl (C=O) groups is 1. The molecule has 1 aromatic heterocycles. The van der Waals surface area contributed by atoms with Gasteiger partial charge in [-0.05, 0) is 43.7 Å². The van der Waals surface area contributed by atoms with Crippen LogP contribution >= 0.6 is 0 Å². The Balaban J connectivity index is 1.39. The van der Waals surface area contributed by atoms with Gasteiger partial charge in [-0.15, -0.1) is 5.10 Å². The van der Waals surface area contributed by atoms with Gasteiger partial charge in [0.2, 0.25) is 5.95 Å². The summed E-state index contributed by atoms with van der Waals surface area (Å²) in [5.74, 6) is 1.16. The van der Waals surface area contributed by atoms with E-state index < -0.39 is 0 Å². The van der Waals surface area contributed by atoms with Crippen molar-refractivity contribution in [3.8, 4) is 17.1 Å². The van der Waals surface area contributed by atoms with Crippen LogP contribution in [0.5, 0.6) is 5.75 Å². The molecule has 31 heavy (non-hydrogen) atoms. The number of hydrogen-bond donors (Lipinski definition) is 2. The predicted octanol–water partition coefficient (Wildman–Crippen LogP) is 3.34. The molecule has 0 spiro atoms. The summed E-state index contributed by atoms with van der Waals surface area (Å²) in [5, 5.41) is 9.68. The van der Waals surface area contributed by atoms with Crippen LogP contribution in [0.15, 0.2) is 48.5 Å². The number of para-hydroxylation sites is 1. The van der Waals surface area contributed by atoms with Crippen LogP contribution in [0.25, 0.3) is 11.4 Å². The predicted molar refractivity (Wildman–Crippen MR) is 118 cm³/mol. The number of amides is 1. The first-order valence-electron chi connectivity index (χ1n) is 10.4. The maximum atomic E-state index is 12.6. The number of morpholine rings is 1. The summed E-state index contributed by atoms with van der Waals surface area (Å²) in [5.41, 5.74) is 2.49. The third-order valence-electron chi connectivity index (χ3n) is 5.19. The number of nitrogens with zero attached hydrogens (tertiary/aromatic N) is 3. The smallest absolute Gasteiger partial charge is 0.258 e. The van der Waals surface area contributed by atoms with Crippen LogP contribution in [0.3, 0.4) is 0 Å². The van der Waals surface area contributed by atoms with E-state index in [9.17, 15) is 4.79 Å². The topological polar surface area (TPSA) is 92.4 Å². The van der Waals surface area contributed by atoms with E-state index in [0.717, 1.165) is 30.8 Å². The Morgan fingerprint density at radius 3 is 2.58 bits per heavy atom. The zero-order valence-electron chi connectivity index (χ0n) is 18.0. The average molecular weight is 422 g/mol. The van der Waals surface area contributed by atoms with Crippen LogP contribution in [-0.2, 0) is 11.3 Å². The van der Waals surface area contributed by atoms with Gasteiger partial charge in [-0.3, -0.25) is 20.1 Å². The molecule has 8 heteroatoms. The van der Waals surface area contributed by atoms with E-state index in [-0.39, 0.29) is 24.1 Å². The fourth-order valence-corrected chi connectivity index (χ4v) is 3.89. The largest absolute Gasteiger partial charge is 0.496 e. The number of hydrogen-bond acceptors (Lipinski definition) is 6. The molecule has 2 atom stereocenters. The Bertz CT molecular complexity index is 1020. The van der Waals surface area contributed by atoms with Gasteiger partial charge in [0.1, 0.15) is 5.75 Å². The van der Waals surface area contributed by atoms with Crippen molar-refractivity contribution in [3.05, 3.63) is 59.7 Å². The van der Waals surface area contributed by atoms with Gasteiger partial charge in [0, 0.05) is 25.2 Å². The number of methoxy groups -OCH3 is 1. The third kappa shape index (κ3) is 5.10. The SMILES string of the molecule is COc1ccccc1-c1nc(NC(=O)c2ccc(CN3CC(C)OC(C)C3)cc2)n[nH]1. The average Bonchev–Trinajstić information content (AvgIpc) is 3.21. The Morgan fingerprint density at radius 2 is 1.87 bits per heavy atom. The first-order chi connectivity index (χ1) is 15.0. The normalized spacial score (nSPS) is 19.2. The van der Waals surface area contributed by atoms with Crippen LogP contribution in [-0.4, -0.2) is 58.4 Å². The molecule has 2 unspecified atom stereocenters. The molecule has 3 aromatic rings. The van der Waals surface area contributed by atoms with Gasteiger partial charge in [-0.25, -0.2) is 0 Å². The minimum Gasteiger partial charge on any atom is -0.496 e. The molecule has 1 aliphatic rings. The molecule has 1 saturated heterocycles. The molecule has 1 aliphatic heterocycles. The maximum absolute atomic E-state index is 12.6. The van der Waals surface area contributed by atoms with Crippen molar-refractivity contribution in [3.63, 3.8) is 0 Å². The van der Waals surface area contributed by atoms with Crippen molar-refractivity contribution in [1.29, 1.82) is 0 Å². The number of H-pyrrole nitrogens is 1. The van der Waals surface area contributed by atoms with Crippen LogP contribution in [0, 0.1) is 0 Å². The second kappa shape index (κ2) is 9.28. The lowest BCUT2D eigenvalue weighted by Gasteiger charge is -2.35. The summed E-state index contributed by atoms with van der Waals surface area (Å²) >= 11 is 0. The van der Waals surface area contributed by atoms with E-state index in [1.165, 1.54) is 0 Å². The molecule has 2 aromatic carbocycles. The fourth-order valence-electron chi connectivity index (χ4n) is 3.89. The summed E-state index contributed by atoms with van der Waals surface area (Å²) in [4.78, 5) is 19.4. The van der Waals surface area contributed by atoms with Crippen LogP contribution in [0.4, 0.5) is 5.95 Å². The summed E-state index contributed by atoms with van der Waals surface area (Å²) in [6.45, 7) is 6.85. The number of aromatic amines is 1. The van der Waals surface area contributed by atoms with Crippen molar-refractivity contribution in [2.45, 2.75) is 32.6 Å². The molecule has 0 bridgehead atoms. The minimum absolute atomic E-state index is 0.214. The Kier molecular flexibility index (Phi) is 6.29. The molecule has 4 rings (SSSR count). The van der Waals surface area contributed by atoms with Crippen LogP contribution < -0.4 is 10.1 Å². The second-order valence-electron chi connectivity index (χ2n) is 7.81. The number of anilines is 1. The van der Waals surface area contributed by atoms with Gasteiger partial charge in [0.25, 0.3) is 5.91 Å². The Morgan fingerprint density at radius 1 is 1.16 bits per heavy atom. The van der Waals surface area contributed by atoms with Crippen LogP contribution in [0.1, 0.15) is 29.8 Å². The lowest BCUT2D eigenvalue weighted by Crippen LogP contribution is -2.44. The summed E-state index contributed by atoms with van der Waals surface area (Å²) in [6.07, 6.45) is 0.465. The summed E-state index contributed by atoms with van der Waals surface area (Å²) < 4.78 is 11.1. The molecule has 8 nitrogen and oxygen atoms in total. The van der Waals surface area contributed by atoms with E-state index in [4.69, 9.17) is 9.47 Å². The molecule has 0 aliphatic carbocycles. The van der Waals surface area contributed by atoms with Crippen molar-refractivity contribution in [1.82, 2.24) is 20.1 Å². The van der Waals surface area contributed by atoms with E-state index in [2.05, 4.69) is 39.2 Å². The van der Waals surface area contributed by atoms with Crippen LogP contribution in [0.2, 0.25) is 0 Å². The second-order valence-corrected chi connectivity index (χ2v) is 7.81. The Hall–Kier alpha value is -3.23. The standard InChI is InChI=1S/C23H27N5O3/c1-15-12-28(13-16(2)31-15)14-17-8-10-18(11-9-17)22(29)25-23-24-21(26-27-23)19-6-4-5-7-20(19)30-3/h4-11,15-16H,12-14H2,1-3H3,(H2,24,25,26,27,29). The van der Waals surface area contributed by atoms with E-state index in [1.54, 1.807) is 7.11 Å². The van der Waals surface area contributed by atoms with Gasteiger partial charge in [-0.2, -0.15) is 4.98 Å². The monoisotopic (exact) mass is 421 g/mol. The van der Waals surface area contributed by atoms with Crippen molar-refractivity contribution >= 4 is 11.9 Å². The van der Waals surface area contributed by atoms with Gasteiger partial charge >= 0.3 is 0 Å². The van der Waals surface area contributed by atoms with Crippen molar-refractivity contribution in [2.24, 2.45) is 0 Å². The highest BCUT2D eigenvalue weighted by Crippen LogP contribution is 2.27. The highest BCUT2D eigenvalue weighted by molar-refractivity contribution is 6.03. The highest BCUT2D eigenvalue weighted by atomic mass is 16.5. The summed E-state index contributed by atoms with van der Waals surface area (Å²) in [7, 11) is 1.60. The zero-order chi connectivity index (χ0) is 21.8. The number of rotatable bonds is 6. The van der Waals surface area contributed by atoms with Gasteiger partial charge in [0.15, 0.2) is 5.82 Å². The third-order valence-corrected chi connectivity index (χ3v) is 5.19. The van der Waals surface area contributed by atoms with E-state index in [0.29, 0.717) is 17.1 Å². The van der Waals surface area contributed by atoms with Crippen molar-refractivity contribution < 1.29 is 14.3 Å². The molecule has 2 heterocycles. The van der Waals surface area contributed by atoms with Crippen molar-refractivity contribution in [2.75, 3.05) is 25.5 Å². The Labute approximate surface area is 181 Å². The number of ether oxygens (including phenoxy) is 2. The molecule has 162 valence electrons. The molecule has 1 amide bonds. The van der Waals surface area contributed by atoms with Gasteiger partial charge in [-0.1, -0.05) is 24.3 Å². The van der Waals surface area contributed by atoms with Gasteiger partial charge < -0.3 is 9.47 Å². The molecule has 1 fully saturated rings. The van der Waals surface area contributed by atoms with E-state index >= 15 is 0 Å². The molecular formula is C23H27N5O3. The lowest BCUT2D eigenvalue weighted by atomic mass is 10.1. The zero-order valence-corrected chi connectivity index (χ0v) is 18.0. The maximum Gasteiger partial charge on any atom is 0.258 e. The quantitative estimate of drug-likeness (QED) is 0.634. The highest BCUT2D eigenvalue weighted by Gasteiger charge is 2.22. The number of carbonyl (C=O) groups excluding carboxylic acids is 1. The molecule has 2 N–H and O–H groups in total. The van der Waals surface area contributed by atoms with E-state index in [1.807, 2.05) is 48.5 Å². The number of nitrogens with one attached hydrogen (secondary N) is 2. The number of benzene rings is 2. The van der Waals surface area contributed by atoms with Gasteiger partial charge in [0.05, 0.1) is 24.9 Å². The molecule has 0 saturated carbocycles. The summed E-state index contributed by atoms with van der Waals surface area (Å²) in [6, 6.07) is 15.1. The number of aromatic nitrogens is 3. The lowest BCUT2D eigenvalue weighted by molar-refractivity contribution is -0.0704. The first kappa shape index (κ1) is 21.0. The fraction of sp³-hybridized carbons (Fsp3) is 0.348. The first-order valence-corrected chi connectivity index (χ1v) is 10.4. The molecule has 0 radical (unpaired) electrons. The molecular weight excluding hydrogens is 394 g/mol.